The third-order valence-electron chi connectivity index (χ3n) is 5.89. The Morgan fingerprint density at radius 1 is 1.15 bits per heavy atom. The molecule has 4 heteroatoms. The molecule has 138 valence electrons. The number of benzene rings is 1. The fourth-order valence-electron chi connectivity index (χ4n) is 4.27. The van der Waals surface area contributed by atoms with Gasteiger partial charge in [0.15, 0.2) is 0 Å². The lowest BCUT2D eigenvalue weighted by molar-refractivity contribution is 0.0692. The second kappa shape index (κ2) is 6.99. The van der Waals surface area contributed by atoms with Gasteiger partial charge in [-0.15, -0.1) is 0 Å². The zero-order chi connectivity index (χ0) is 18.3. The molecular weight excluding hydrogens is 322 g/mol. The molecule has 26 heavy (non-hydrogen) atoms. The van der Waals surface area contributed by atoms with Crippen molar-refractivity contribution in [2.24, 2.45) is 5.92 Å². The van der Waals surface area contributed by atoms with E-state index < -0.39 is 0 Å². The van der Waals surface area contributed by atoms with Crippen molar-refractivity contribution in [2.45, 2.75) is 45.4 Å². The SMILES string of the molecule is CNCC1CCN(C(=O)c2cc(C3CC3)nc3c(C)cc(C)cc23)CC1. The van der Waals surface area contributed by atoms with E-state index in [2.05, 4.69) is 42.3 Å². The van der Waals surface area contributed by atoms with Crippen LogP contribution >= 0.6 is 0 Å². The van der Waals surface area contributed by atoms with Gasteiger partial charge in [0, 0.05) is 30.1 Å². The van der Waals surface area contributed by atoms with Crippen molar-refractivity contribution in [3.63, 3.8) is 0 Å². The first-order chi connectivity index (χ1) is 12.6. The summed E-state index contributed by atoms with van der Waals surface area (Å²) in [6.45, 7) is 6.97. The molecule has 0 atom stereocenters. The molecule has 1 aliphatic heterocycles. The van der Waals surface area contributed by atoms with Crippen LogP contribution in [0.25, 0.3) is 10.9 Å². The molecule has 4 nitrogen and oxygen atoms in total. The molecule has 0 radical (unpaired) electrons. The summed E-state index contributed by atoms with van der Waals surface area (Å²) >= 11 is 0. The zero-order valence-electron chi connectivity index (χ0n) is 16.1. The zero-order valence-corrected chi connectivity index (χ0v) is 16.1. The van der Waals surface area contributed by atoms with Crippen molar-refractivity contribution in [1.29, 1.82) is 0 Å². The highest BCUT2D eigenvalue weighted by Gasteiger charge is 2.29. The monoisotopic (exact) mass is 351 g/mol. The first kappa shape index (κ1) is 17.5. The molecule has 1 aromatic carbocycles. The number of carbonyl (C=O) groups excluding carboxylic acids is 1. The summed E-state index contributed by atoms with van der Waals surface area (Å²) in [5.41, 5.74) is 5.34. The van der Waals surface area contributed by atoms with E-state index in [0.717, 1.165) is 54.6 Å². The number of pyridine rings is 1. The second-order valence-electron chi connectivity index (χ2n) is 8.14. The molecular formula is C22H29N3O. The number of aryl methyl sites for hydroxylation is 2. The first-order valence-electron chi connectivity index (χ1n) is 9.92. The third-order valence-corrected chi connectivity index (χ3v) is 5.89. The van der Waals surface area contributed by atoms with Crippen LogP contribution < -0.4 is 5.32 Å². The highest BCUT2D eigenvalue weighted by atomic mass is 16.2. The minimum Gasteiger partial charge on any atom is -0.339 e. The average molecular weight is 351 g/mol. The summed E-state index contributed by atoms with van der Waals surface area (Å²) in [4.78, 5) is 20.4. The number of amides is 1. The van der Waals surface area contributed by atoms with Crippen LogP contribution in [0, 0.1) is 19.8 Å². The van der Waals surface area contributed by atoms with E-state index in [1.165, 1.54) is 24.0 Å². The summed E-state index contributed by atoms with van der Waals surface area (Å²) in [5.74, 6) is 1.42. The number of piperidine rings is 1. The molecule has 1 saturated heterocycles. The number of aromatic nitrogens is 1. The quantitative estimate of drug-likeness (QED) is 0.911. The second-order valence-corrected chi connectivity index (χ2v) is 8.14. The normalized spacial score (nSPS) is 18.5. The van der Waals surface area contributed by atoms with E-state index in [0.29, 0.717) is 11.8 Å². The Hall–Kier alpha value is -1.94. The van der Waals surface area contributed by atoms with E-state index in [1.807, 2.05) is 7.05 Å². The van der Waals surface area contributed by atoms with Crippen LogP contribution in [0.4, 0.5) is 0 Å². The number of rotatable bonds is 4. The molecule has 1 aromatic heterocycles. The Bertz CT molecular complexity index is 833. The van der Waals surface area contributed by atoms with Crippen molar-refractivity contribution >= 4 is 16.8 Å². The number of nitrogens with one attached hydrogen (secondary N) is 1. The molecule has 2 fully saturated rings. The maximum atomic E-state index is 13.4. The molecule has 0 unspecified atom stereocenters. The lowest BCUT2D eigenvalue weighted by Gasteiger charge is -2.32. The molecule has 1 aliphatic carbocycles. The van der Waals surface area contributed by atoms with Gasteiger partial charge in [-0.05, 0) is 76.7 Å². The maximum absolute atomic E-state index is 13.4. The molecule has 2 aromatic rings. The van der Waals surface area contributed by atoms with Crippen LogP contribution in [0.1, 0.15) is 58.8 Å². The van der Waals surface area contributed by atoms with Crippen molar-refractivity contribution < 1.29 is 4.79 Å². The van der Waals surface area contributed by atoms with Crippen LogP contribution in [0.3, 0.4) is 0 Å². The lowest BCUT2D eigenvalue weighted by atomic mass is 9.95. The largest absolute Gasteiger partial charge is 0.339 e. The Morgan fingerprint density at radius 2 is 1.88 bits per heavy atom. The highest BCUT2D eigenvalue weighted by molar-refractivity contribution is 6.07. The Balaban J connectivity index is 1.69. The van der Waals surface area contributed by atoms with Gasteiger partial charge in [0.1, 0.15) is 0 Å². The van der Waals surface area contributed by atoms with Crippen LogP contribution in [-0.4, -0.2) is 42.5 Å². The summed E-state index contributed by atoms with van der Waals surface area (Å²) in [6, 6.07) is 6.39. The minimum atomic E-state index is 0.187. The van der Waals surface area contributed by atoms with Gasteiger partial charge in [0.05, 0.1) is 11.1 Å². The number of nitrogens with zero attached hydrogens (tertiary/aromatic N) is 2. The van der Waals surface area contributed by atoms with E-state index in [-0.39, 0.29) is 5.91 Å². The fraction of sp³-hybridized carbons (Fsp3) is 0.545. The first-order valence-corrected chi connectivity index (χ1v) is 9.92. The fourth-order valence-corrected chi connectivity index (χ4v) is 4.27. The van der Waals surface area contributed by atoms with E-state index in [4.69, 9.17) is 4.98 Å². The van der Waals surface area contributed by atoms with Crippen molar-refractivity contribution in [2.75, 3.05) is 26.7 Å². The number of likely N-dealkylation sites (tertiary alicyclic amines) is 1. The molecule has 2 heterocycles. The Kier molecular flexibility index (Phi) is 4.70. The third kappa shape index (κ3) is 3.35. The summed E-state index contributed by atoms with van der Waals surface area (Å²) in [7, 11) is 2.00. The summed E-state index contributed by atoms with van der Waals surface area (Å²) < 4.78 is 0. The van der Waals surface area contributed by atoms with Crippen molar-refractivity contribution in [1.82, 2.24) is 15.2 Å². The van der Waals surface area contributed by atoms with Gasteiger partial charge >= 0.3 is 0 Å². The van der Waals surface area contributed by atoms with Crippen LogP contribution in [0.2, 0.25) is 0 Å². The predicted molar refractivity (Wildman–Crippen MR) is 106 cm³/mol. The average Bonchev–Trinajstić information content (AvgIpc) is 3.46. The predicted octanol–water partition coefficient (Wildman–Crippen LogP) is 3.80. The molecule has 0 spiro atoms. The molecule has 4 rings (SSSR count). The van der Waals surface area contributed by atoms with E-state index in [1.54, 1.807) is 0 Å². The van der Waals surface area contributed by atoms with E-state index in [9.17, 15) is 4.79 Å². The maximum Gasteiger partial charge on any atom is 0.254 e. The minimum absolute atomic E-state index is 0.187. The van der Waals surface area contributed by atoms with Gasteiger partial charge < -0.3 is 10.2 Å². The Labute approximate surface area is 156 Å². The molecule has 1 saturated carbocycles. The van der Waals surface area contributed by atoms with Gasteiger partial charge in [-0.3, -0.25) is 9.78 Å². The van der Waals surface area contributed by atoms with E-state index >= 15 is 0 Å². The van der Waals surface area contributed by atoms with Gasteiger partial charge in [-0.2, -0.15) is 0 Å². The van der Waals surface area contributed by atoms with Crippen molar-refractivity contribution in [3.8, 4) is 0 Å². The van der Waals surface area contributed by atoms with Gasteiger partial charge in [-0.1, -0.05) is 11.6 Å². The molecule has 0 bridgehead atoms. The standard InChI is InChI=1S/C22H29N3O/c1-14-10-15(2)21-18(11-14)19(12-20(24-21)17-4-5-17)22(26)25-8-6-16(7-9-25)13-23-3/h10-12,16-17,23H,4-9,13H2,1-3H3. The van der Waals surface area contributed by atoms with Gasteiger partial charge in [-0.25, -0.2) is 0 Å². The van der Waals surface area contributed by atoms with Gasteiger partial charge in [0.25, 0.3) is 5.91 Å². The number of hydrogen-bond acceptors (Lipinski definition) is 3. The molecule has 1 N–H and O–H groups in total. The number of fused-ring (bicyclic) bond motifs is 1. The van der Waals surface area contributed by atoms with Gasteiger partial charge in [0.2, 0.25) is 0 Å². The summed E-state index contributed by atoms with van der Waals surface area (Å²) in [6.07, 6.45) is 4.57. The molecule has 1 amide bonds. The van der Waals surface area contributed by atoms with Crippen LogP contribution in [-0.2, 0) is 0 Å². The number of hydrogen-bond donors (Lipinski definition) is 1. The smallest absolute Gasteiger partial charge is 0.254 e. The summed E-state index contributed by atoms with van der Waals surface area (Å²) in [5, 5.41) is 4.29. The van der Waals surface area contributed by atoms with Crippen LogP contribution in [0.15, 0.2) is 18.2 Å². The topological polar surface area (TPSA) is 45.2 Å². The highest BCUT2D eigenvalue weighted by Crippen LogP contribution is 2.40. The van der Waals surface area contributed by atoms with Crippen LogP contribution in [0.5, 0.6) is 0 Å². The lowest BCUT2D eigenvalue weighted by Crippen LogP contribution is -2.40. The van der Waals surface area contributed by atoms with Crippen molar-refractivity contribution in [3.05, 3.63) is 40.6 Å². The Morgan fingerprint density at radius 3 is 2.54 bits per heavy atom. The molecule has 2 aliphatic rings. The number of carbonyl (C=O) groups is 1.